The third kappa shape index (κ3) is 5.10. The second-order valence-electron chi connectivity index (χ2n) is 6.85. The van der Waals surface area contributed by atoms with Crippen LogP contribution in [0, 0.1) is 4.91 Å². The highest BCUT2D eigenvalue weighted by Gasteiger charge is 2.35. The summed E-state index contributed by atoms with van der Waals surface area (Å²) in [4.78, 5) is 10.8. The van der Waals surface area contributed by atoms with Gasteiger partial charge in [-0.15, -0.1) is 4.91 Å². The normalized spacial score (nSPS) is 12.0. The zero-order valence-electron chi connectivity index (χ0n) is 16.7. The zero-order chi connectivity index (χ0) is 22.8. The van der Waals surface area contributed by atoms with Gasteiger partial charge >= 0.3 is 6.18 Å². The van der Waals surface area contributed by atoms with Gasteiger partial charge in [0.25, 0.3) is 0 Å². The minimum Gasteiger partial charge on any atom is -0.257 e. The fourth-order valence-electron chi connectivity index (χ4n) is 2.95. The molecule has 3 aromatic rings. The second kappa shape index (κ2) is 8.50. The Morgan fingerprint density at radius 2 is 1.68 bits per heavy atom. The van der Waals surface area contributed by atoms with Crippen molar-refractivity contribution in [3.05, 3.63) is 70.8 Å². The number of benzene rings is 2. The largest absolute Gasteiger partial charge is 0.435 e. The molecule has 0 atom stereocenters. The van der Waals surface area contributed by atoms with E-state index in [1.54, 1.807) is 31.2 Å². The lowest BCUT2D eigenvalue weighted by molar-refractivity contribution is -0.141. The summed E-state index contributed by atoms with van der Waals surface area (Å²) in [5.74, 6) is 0. The molecule has 3 rings (SSSR count). The van der Waals surface area contributed by atoms with Crippen molar-refractivity contribution in [2.45, 2.75) is 24.5 Å². The quantitative estimate of drug-likeness (QED) is 0.390. The van der Waals surface area contributed by atoms with Crippen LogP contribution < -0.4 is 0 Å². The molecule has 0 radical (unpaired) electrons. The number of rotatable bonds is 7. The molecule has 2 aromatic carbocycles. The van der Waals surface area contributed by atoms with Crippen molar-refractivity contribution in [3.8, 4) is 16.9 Å². The Kier molecular flexibility index (Phi) is 6.16. The van der Waals surface area contributed by atoms with E-state index in [1.807, 2.05) is 0 Å². The van der Waals surface area contributed by atoms with Gasteiger partial charge in [0.2, 0.25) is 0 Å². The van der Waals surface area contributed by atoms with Crippen LogP contribution in [0.25, 0.3) is 16.9 Å². The zero-order valence-corrected chi connectivity index (χ0v) is 17.5. The topological polar surface area (TPSA) is 84.6 Å². The molecular weight excluding hydrogens is 433 g/mol. The van der Waals surface area contributed by atoms with E-state index in [2.05, 4.69) is 10.4 Å². The minimum atomic E-state index is -4.65. The summed E-state index contributed by atoms with van der Waals surface area (Å²) in [5, 5.41) is 7.90. The van der Waals surface area contributed by atoms with Gasteiger partial charge in [0.15, 0.2) is 15.5 Å². The molecule has 0 fully saturated rings. The second-order valence-corrected chi connectivity index (χ2v) is 8.87. The van der Waals surface area contributed by atoms with E-state index < -0.39 is 21.7 Å². The Hall–Kier alpha value is -3.21. The molecule has 31 heavy (non-hydrogen) atoms. The van der Waals surface area contributed by atoms with Gasteiger partial charge < -0.3 is 0 Å². The molecule has 0 aliphatic rings. The van der Waals surface area contributed by atoms with Crippen LogP contribution >= 0.6 is 0 Å². The molecule has 0 N–H and O–H groups in total. The number of nitrogens with zero attached hydrogens (tertiary/aromatic N) is 4. The Labute approximate surface area is 177 Å². The lowest BCUT2D eigenvalue weighted by Gasteiger charge is -2.13. The van der Waals surface area contributed by atoms with Crippen LogP contribution in [0.1, 0.15) is 18.2 Å². The molecule has 164 valence electrons. The average Bonchev–Trinajstić information content (AvgIpc) is 3.18. The first-order valence-electron chi connectivity index (χ1n) is 9.18. The van der Waals surface area contributed by atoms with E-state index in [1.165, 1.54) is 29.3 Å². The first-order valence-corrected chi connectivity index (χ1v) is 11.1. The van der Waals surface area contributed by atoms with Crippen molar-refractivity contribution < 1.29 is 21.6 Å². The molecule has 7 nitrogen and oxygen atoms in total. The summed E-state index contributed by atoms with van der Waals surface area (Å²) < 4.78 is 64.4. The lowest BCUT2D eigenvalue weighted by atomic mass is 10.1. The van der Waals surface area contributed by atoms with Crippen LogP contribution in [0.5, 0.6) is 0 Å². The molecule has 0 saturated carbocycles. The maximum atomic E-state index is 13.3. The first-order chi connectivity index (χ1) is 14.5. The van der Waals surface area contributed by atoms with Gasteiger partial charge in [-0.2, -0.15) is 18.3 Å². The number of hydrogen-bond donors (Lipinski definition) is 0. The van der Waals surface area contributed by atoms with E-state index in [9.17, 15) is 26.5 Å². The van der Waals surface area contributed by atoms with Crippen molar-refractivity contribution in [2.75, 3.05) is 12.8 Å². The summed E-state index contributed by atoms with van der Waals surface area (Å²) in [6.45, 7) is 2.48. The van der Waals surface area contributed by atoms with Gasteiger partial charge in [0, 0.05) is 18.4 Å². The summed E-state index contributed by atoms with van der Waals surface area (Å²) in [6, 6.07) is 13.0. The summed E-state index contributed by atoms with van der Waals surface area (Å²) in [7, 11) is -3.44. The summed E-state index contributed by atoms with van der Waals surface area (Å²) in [6.07, 6.45) is -3.60. The molecule has 1 heterocycles. The number of aromatic nitrogens is 2. The highest BCUT2D eigenvalue weighted by atomic mass is 32.2. The maximum Gasteiger partial charge on any atom is 0.435 e. The van der Waals surface area contributed by atoms with Crippen LogP contribution in [0.4, 0.5) is 13.2 Å². The Morgan fingerprint density at radius 3 is 2.16 bits per heavy atom. The number of halogens is 3. The van der Waals surface area contributed by atoms with E-state index >= 15 is 0 Å². The molecule has 0 saturated heterocycles. The van der Waals surface area contributed by atoms with Gasteiger partial charge in [-0.25, -0.2) is 13.1 Å². The predicted molar refractivity (Wildman–Crippen MR) is 109 cm³/mol. The van der Waals surface area contributed by atoms with Crippen molar-refractivity contribution in [1.82, 2.24) is 14.8 Å². The Morgan fingerprint density at radius 1 is 1.06 bits per heavy atom. The standard InChI is InChI=1S/C20H19F3N4O3S/c1-3-26(25-28)13-14-4-6-15(7-5-14)18-12-19(20(21,22)23)24-27(18)16-8-10-17(11-9-16)31(2,29)30/h4-12H,3,13H2,1-2H3. The first kappa shape index (κ1) is 22.5. The van der Waals surface area contributed by atoms with E-state index in [4.69, 9.17) is 0 Å². The number of hydrogen-bond acceptors (Lipinski definition) is 5. The molecule has 1 aromatic heterocycles. The molecule has 0 unspecified atom stereocenters. The van der Waals surface area contributed by atoms with Crippen molar-refractivity contribution in [1.29, 1.82) is 0 Å². The van der Waals surface area contributed by atoms with Crippen LogP contribution in [-0.2, 0) is 22.6 Å². The van der Waals surface area contributed by atoms with Gasteiger partial charge in [0.05, 0.1) is 28.1 Å². The summed E-state index contributed by atoms with van der Waals surface area (Å²) >= 11 is 0. The van der Waals surface area contributed by atoms with Gasteiger partial charge in [-0.05, 0) is 42.8 Å². The highest BCUT2D eigenvalue weighted by Crippen LogP contribution is 2.33. The molecule has 0 aliphatic heterocycles. The average molecular weight is 452 g/mol. The van der Waals surface area contributed by atoms with E-state index in [-0.39, 0.29) is 22.8 Å². The number of nitroso groups, excluding NO2 is 1. The van der Waals surface area contributed by atoms with Gasteiger partial charge in [-0.3, -0.25) is 5.01 Å². The predicted octanol–water partition coefficient (Wildman–Crippen LogP) is 4.46. The van der Waals surface area contributed by atoms with E-state index in [0.29, 0.717) is 12.1 Å². The Bertz CT molecular complexity index is 1170. The smallest absolute Gasteiger partial charge is 0.257 e. The lowest BCUT2D eigenvalue weighted by Crippen LogP contribution is -2.14. The third-order valence-electron chi connectivity index (χ3n) is 4.60. The molecule has 0 spiro atoms. The van der Waals surface area contributed by atoms with Crippen molar-refractivity contribution in [2.24, 2.45) is 5.29 Å². The van der Waals surface area contributed by atoms with Gasteiger partial charge in [0.1, 0.15) is 0 Å². The molecule has 0 aliphatic carbocycles. The van der Waals surface area contributed by atoms with E-state index in [0.717, 1.165) is 22.6 Å². The maximum absolute atomic E-state index is 13.3. The molecule has 0 amide bonds. The summed E-state index contributed by atoms with van der Waals surface area (Å²) in [5.41, 5.74) is 0.642. The van der Waals surface area contributed by atoms with Gasteiger partial charge in [-0.1, -0.05) is 24.3 Å². The van der Waals surface area contributed by atoms with Crippen LogP contribution in [-0.4, -0.2) is 36.0 Å². The fraction of sp³-hybridized carbons (Fsp3) is 0.250. The monoisotopic (exact) mass is 452 g/mol. The number of alkyl halides is 3. The molecule has 11 heteroatoms. The highest BCUT2D eigenvalue weighted by molar-refractivity contribution is 7.90. The van der Waals surface area contributed by atoms with Crippen LogP contribution in [0.3, 0.4) is 0 Å². The molecular formula is C20H19F3N4O3S. The number of sulfone groups is 1. The van der Waals surface area contributed by atoms with Crippen LogP contribution in [0.2, 0.25) is 0 Å². The minimum absolute atomic E-state index is 0.0506. The van der Waals surface area contributed by atoms with Crippen LogP contribution in [0.15, 0.2) is 64.8 Å². The molecule has 0 bridgehead atoms. The Balaban J connectivity index is 2.04. The SMILES string of the molecule is CCN(Cc1ccc(-c2cc(C(F)(F)F)nn2-c2ccc(S(C)(=O)=O)cc2)cc1)N=O. The fourth-order valence-corrected chi connectivity index (χ4v) is 3.58. The van der Waals surface area contributed by atoms with Crippen molar-refractivity contribution >= 4 is 9.84 Å². The van der Waals surface area contributed by atoms with Crippen molar-refractivity contribution in [3.63, 3.8) is 0 Å². The third-order valence-corrected chi connectivity index (χ3v) is 5.73.